The van der Waals surface area contributed by atoms with Crippen LogP contribution >= 0.6 is 11.8 Å². The van der Waals surface area contributed by atoms with E-state index >= 15 is 0 Å². The maximum absolute atomic E-state index is 12.2. The zero-order chi connectivity index (χ0) is 18.4. The van der Waals surface area contributed by atoms with Crippen LogP contribution in [0.1, 0.15) is 31.2 Å². The van der Waals surface area contributed by atoms with Crippen LogP contribution in [0.3, 0.4) is 0 Å². The van der Waals surface area contributed by atoms with Crippen molar-refractivity contribution in [1.29, 1.82) is 0 Å². The van der Waals surface area contributed by atoms with Gasteiger partial charge in [0.15, 0.2) is 5.82 Å². The molecule has 8 heteroatoms. The highest BCUT2D eigenvalue weighted by Crippen LogP contribution is 2.17. The summed E-state index contributed by atoms with van der Waals surface area (Å²) in [5.41, 5.74) is 1.08. The number of nitrogens with zero attached hydrogens (tertiary/aromatic N) is 5. The molecule has 2 aromatic rings. The van der Waals surface area contributed by atoms with Crippen molar-refractivity contribution in [3.05, 3.63) is 35.7 Å². The molecule has 0 spiro atoms. The van der Waals surface area contributed by atoms with Gasteiger partial charge in [0, 0.05) is 11.4 Å². The molecule has 0 saturated carbocycles. The van der Waals surface area contributed by atoms with Crippen molar-refractivity contribution in [2.24, 2.45) is 5.92 Å². The summed E-state index contributed by atoms with van der Waals surface area (Å²) in [5, 5.41) is 14.8. The van der Waals surface area contributed by atoms with Crippen LogP contribution < -0.4 is 5.32 Å². The number of hydrogen-bond acceptors (Lipinski definition) is 6. The van der Waals surface area contributed by atoms with Gasteiger partial charge in [-0.15, -0.1) is 16.9 Å². The van der Waals surface area contributed by atoms with E-state index in [1.165, 1.54) is 17.7 Å². The highest BCUT2D eigenvalue weighted by atomic mass is 32.2. The van der Waals surface area contributed by atoms with E-state index in [1.54, 1.807) is 16.4 Å². The fourth-order valence-electron chi connectivity index (χ4n) is 3.02. The molecule has 0 atom stereocenters. The summed E-state index contributed by atoms with van der Waals surface area (Å²) in [6.45, 7) is 5.77. The quantitative estimate of drug-likeness (QED) is 0.747. The second kappa shape index (κ2) is 9.14. The number of carbonyl (C=O) groups is 1. The molecular formula is C18H26N6OS. The Morgan fingerprint density at radius 1 is 1.27 bits per heavy atom. The van der Waals surface area contributed by atoms with Gasteiger partial charge in [0.25, 0.3) is 0 Å². The van der Waals surface area contributed by atoms with Gasteiger partial charge in [-0.25, -0.2) is 4.68 Å². The maximum atomic E-state index is 12.2. The molecule has 1 aliphatic heterocycles. The smallest absolute Gasteiger partial charge is 0.242 e. The molecule has 1 amide bonds. The van der Waals surface area contributed by atoms with Gasteiger partial charge in [-0.1, -0.05) is 19.1 Å². The summed E-state index contributed by atoms with van der Waals surface area (Å²) in [6, 6.07) is 8.19. The number of carbonyl (C=O) groups excluding carboxylic acids is 1. The number of hydrogen-bond donors (Lipinski definition) is 1. The van der Waals surface area contributed by atoms with E-state index in [0.29, 0.717) is 13.1 Å². The maximum Gasteiger partial charge on any atom is 0.242 e. The van der Waals surface area contributed by atoms with E-state index in [9.17, 15) is 4.79 Å². The van der Waals surface area contributed by atoms with Crippen molar-refractivity contribution in [3.8, 4) is 0 Å². The molecule has 1 N–H and O–H groups in total. The van der Waals surface area contributed by atoms with Crippen LogP contribution in [-0.4, -0.2) is 50.4 Å². The largest absolute Gasteiger partial charge is 0.350 e. The van der Waals surface area contributed by atoms with E-state index in [2.05, 4.69) is 44.8 Å². The van der Waals surface area contributed by atoms with Gasteiger partial charge in [-0.05, 0) is 66.2 Å². The molecule has 3 rings (SSSR count). The summed E-state index contributed by atoms with van der Waals surface area (Å²) >= 11 is 1.70. The fraction of sp³-hybridized carbons (Fsp3) is 0.556. The first-order valence-corrected chi connectivity index (χ1v) is 10.2. The summed E-state index contributed by atoms with van der Waals surface area (Å²) in [6.07, 6.45) is 4.46. The molecule has 1 fully saturated rings. The minimum absolute atomic E-state index is 0.0836. The SMILES string of the molecule is CSc1ccc(CNC(=O)Cn2nnnc2CN2CCC(C)CC2)cc1. The zero-order valence-corrected chi connectivity index (χ0v) is 16.2. The van der Waals surface area contributed by atoms with Crippen LogP contribution in [-0.2, 0) is 24.4 Å². The third-order valence-electron chi connectivity index (χ3n) is 4.79. The molecule has 1 aromatic heterocycles. The minimum Gasteiger partial charge on any atom is -0.350 e. The third kappa shape index (κ3) is 5.28. The van der Waals surface area contributed by atoms with Gasteiger partial charge in [-0.3, -0.25) is 9.69 Å². The van der Waals surface area contributed by atoms with Crippen LogP contribution in [0.15, 0.2) is 29.2 Å². The van der Waals surface area contributed by atoms with Gasteiger partial charge in [0.05, 0.1) is 6.54 Å². The average Bonchev–Trinajstić information content (AvgIpc) is 3.09. The molecule has 0 bridgehead atoms. The van der Waals surface area contributed by atoms with Crippen LogP contribution in [0.5, 0.6) is 0 Å². The average molecular weight is 375 g/mol. The van der Waals surface area contributed by atoms with Gasteiger partial charge >= 0.3 is 0 Å². The Hall–Kier alpha value is -1.93. The second-order valence-electron chi connectivity index (χ2n) is 6.84. The number of aromatic nitrogens is 4. The molecular weight excluding hydrogens is 348 g/mol. The lowest BCUT2D eigenvalue weighted by atomic mass is 9.99. The Morgan fingerprint density at radius 2 is 2.00 bits per heavy atom. The van der Waals surface area contributed by atoms with Gasteiger partial charge < -0.3 is 5.32 Å². The topological polar surface area (TPSA) is 75.9 Å². The van der Waals surface area contributed by atoms with Crippen LogP contribution in [0.4, 0.5) is 0 Å². The number of likely N-dealkylation sites (tertiary alicyclic amines) is 1. The Morgan fingerprint density at radius 3 is 2.69 bits per heavy atom. The molecule has 7 nitrogen and oxygen atoms in total. The van der Waals surface area contributed by atoms with Crippen molar-refractivity contribution in [1.82, 2.24) is 30.4 Å². The first-order valence-electron chi connectivity index (χ1n) is 9.01. The molecule has 140 valence electrons. The summed E-state index contributed by atoms with van der Waals surface area (Å²) in [5.74, 6) is 1.46. The zero-order valence-electron chi connectivity index (χ0n) is 15.4. The Bertz CT molecular complexity index is 709. The first-order chi connectivity index (χ1) is 12.6. The lowest BCUT2D eigenvalue weighted by Crippen LogP contribution is -2.34. The molecule has 2 heterocycles. The number of tetrazole rings is 1. The van der Waals surface area contributed by atoms with Crippen LogP contribution in [0.2, 0.25) is 0 Å². The monoisotopic (exact) mass is 374 g/mol. The molecule has 26 heavy (non-hydrogen) atoms. The van der Waals surface area contributed by atoms with Crippen molar-refractivity contribution >= 4 is 17.7 Å². The lowest BCUT2D eigenvalue weighted by molar-refractivity contribution is -0.122. The number of amides is 1. The van der Waals surface area contributed by atoms with Crippen molar-refractivity contribution in [2.45, 2.75) is 44.3 Å². The standard InChI is InChI=1S/C18H26N6OS/c1-14-7-9-23(10-8-14)12-17-20-21-22-24(17)13-18(25)19-11-15-3-5-16(26-2)6-4-15/h3-6,14H,7-13H2,1-2H3,(H,19,25). The Labute approximate surface area is 158 Å². The highest BCUT2D eigenvalue weighted by Gasteiger charge is 2.19. The predicted octanol–water partition coefficient (Wildman–Crippen LogP) is 1.94. The fourth-order valence-corrected chi connectivity index (χ4v) is 3.42. The molecule has 1 saturated heterocycles. The second-order valence-corrected chi connectivity index (χ2v) is 7.72. The number of benzene rings is 1. The Balaban J connectivity index is 1.49. The number of rotatable bonds is 7. The van der Waals surface area contributed by atoms with Crippen molar-refractivity contribution in [3.63, 3.8) is 0 Å². The van der Waals surface area contributed by atoms with Crippen molar-refractivity contribution < 1.29 is 4.79 Å². The van der Waals surface area contributed by atoms with E-state index < -0.39 is 0 Å². The predicted molar refractivity (Wildman–Crippen MR) is 102 cm³/mol. The number of thioether (sulfide) groups is 1. The lowest BCUT2D eigenvalue weighted by Gasteiger charge is -2.29. The summed E-state index contributed by atoms with van der Waals surface area (Å²) in [7, 11) is 0. The molecule has 1 aromatic carbocycles. The van der Waals surface area contributed by atoms with Gasteiger partial charge in [-0.2, -0.15) is 0 Å². The van der Waals surface area contributed by atoms with E-state index in [-0.39, 0.29) is 12.5 Å². The minimum atomic E-state index is -0.0836. The molecule has 0 unspecified atom stereocenters. The number of piperidine rings is 1. The van der Waals surface area contributed by atoms with E-state index in [0.717, 1.165) is 30.4 Å². The normalized spacial score (nSPS) is 15.9. The van der Waals surface area contributed by atoms with Gasteiger partial charge in [0.1, 0.15) is 6.54 Å². The summed E-state index contributed by atoms with van der Waals surface area (Å²) < 4.78 is 1.60. The highest BCUT2D eigenvalue weighted by molar-refractivity contribution is 7.98. The van der Waals surface area contributed by atoms with Crippen molar-refractivity contribution in [2.75, 3.05) is 19.3 Å². The van der Waals surface area contributed by atoms with Crippen LogP contribution in [0.25, 0.3) is 0 Å². The van der Waals surface area contributed by atoms with E-state index in [1.807, 2.05) is 18.4 Å². The summed E-state index contributed by atoms with van der Waals surface area (Å²) in [4.78, 5) is 15.8. The van der Waals surface area contributed by atoms with Crippen LogP contribution in [0, 0.1) is 5.92 Å². The molecule has 1 aliphatic rings. The van der Waals surface area contributed by atoms with E-state index in [4.69, 9.17) is 0 Å². The Kier molecular flexibility index (Phi) is 6.62. The number of nitrogens with one attached hydrogen (secondary N) is 1. The van der Waals surface area contributed by atoms with Gasteiger partial charge in [0.2, 0.25) is 5.91 Å². The first kappa shape index (κ1) is 18.8. The molecule has 0 radical (unpaired) electrons. The third-order valence-corrected chi connectivity index (χ3v) is 5.53. The molecule has 0 aliphatic carbocycles.